The Hall–Kier alpha value is -1.53. The lowest BCUT2D eigenvalue weighted by Crippen LogP contribution is -2.31. The quantitative estimate of drug-likeness (QED) is 0.744. The number of benzene rings is 1. The molecule has 0 radical (unpaired) electrons. The molecule has 0 spiro atoms. The lowest BCUT2D eigenvalue weighted by atomic mass is 10.1. The van der Waals surface area contributed by atoms with Crippen molar-refractivity contribution in [3.63, 3.8) is 0 Å². The van der Waals surface area contributed by atoms with Gasteiger partial charge in [0.15, 0.2) is 0 Å². The Morgan fingerprint density at radius 2 is 2.00 bits per heavy atom. The van der Waals surface area contributed by atoms with Crippen LogP contribution in [0.4, 0.5) is 0 Å². The predicted octanol–water partition coefficient (Wildman–Crippen LogP) is 1.73. The first kappa shape index (κ1) is 17.8. The van der Waals surface area contributed by atoms with Crippen LogP contribution in [-0.4, -0.2) is 48.6 Å². The van der Waals surface area contributed by atoms with Crippen molar-refractivity contribution >= 4 is 23.6 Å². The Kier molecular flexibility index (Phi) is 6.92. The standard InChI is InChI=1S/C17H25N3O2S/c1-13(10-18)11-19-17(22)14-6-2-3-7-15(14)23-12-16(21)20-8-4-5-9-20/h2-3,6-7,13H,4-5,8-12,18H2,1H3,(H,19,22). The zero-order valence-electron chi connectivity index (χ0n) is 13.6. The molecule has 3 N–H and O–H groups in total. The molecule has 2 rings (SSSR count). The van der Waals surface area contributed by atoms with Crippen molar-refractivity contribution in [3.8, 4) is 0 Å². The van der Waals surface area contributed by atoms with Gasteiger partial charge < -0.3 is 16.0 Å². The molecule has 1 unspecified atom stereocenters. The number of carbonyl (C=O) groups excluding carboxylic acids is 2. The van der Waals surface area contributed by atoms with Crippen LogP contribution in [0.15, 0.2) is 29.2 Å². The van der Waals surface area contributed by atoms with E-state index in [1.807, 2.05) is 30.0 Å². The van der Waals surface area contributed by atoms with Crippen molar-refractivity contribution in [2.24, 2.45) is 11.7 Å². The van der Waals surface area contributed by atoms with E-state index >= 15 is 0 Å². The fraction of sp³-hybridized carbons (Fsp3) is 0.529. The normalized spacial score (nSPS) is 15.5. The van der Waals surface area contributed by atoms with Crippen LogP contribution in [0.5, 0.6) is 0 Å². The van der Waals surface area contributed by atoms with Gasteiger partial charge in [-0.05, 0) is 37.4 Å². The maximum Gasteiger partial charge on any atom is 0.252 e. The van der Waals surface area contributed by atoms with Crippen molar-refractivity contribution < 1.29 is 9.59 Å². The summed E-state index contributed by atoms with van der Waals surface area (Å²) in [7, 11) is 0. The van der Waals surface area contributed by atoms with Gasteiger partial charge in [0, 0.05) is 24.5 Å². The van der Waals surface area contributed by atoms with Crippen LogP contribution in [0.1, 0.15) is 30.1 Å². The van der Waals surface area contributed by atoms with E-state index in [0.29, 0.717) is 24.4 Å². The summed E-state index contributed by atoms with van der Waals surface area (Å²) >= 11 is 1.43. The van der Waals surface area contributed by atoms with E-state index in [-0.39, 0.29) is 17.7 Å². The minimum absolute atomic E-state index is 0.109. The summed E-state index contributed by atoms with van der Waals surface area (Å²) in [5.41, 5.74) is 6.19. The third-order valence-corrected chi connectivity index (χ3v) is 5.01. The van der Waals surface area contributed by atoms with Crippen molar-refractivity contribution in [2.45, 2.75) is 24.7 Å². The van der Waals surface area contributed by atoms with Gasteiger partial charge in [-0.15, -0.1) is 11.8 Å². The highest BCUT2D eigenvalue weighted by molar-refractivity contribution is 8.00. The molecule has 1 atom stereocenters. The van der Waals surface area contributed by atoms with E-state index in [1.165, 1.54) is 11.8 Å². The largest absolute Gasteiger partial charge is 0.352 e. The Morgan fingerprint density at radius 3 is 2.70 bits per heavy atom. The molecular weight excluding hydrogens is 310 g/mol. The van der Waals surface area contributed by atoms with Crippen LogP contribution in [0.2, 0.25) is 0 Å². The fourth-order valence-corrected chi connectivity index (χ4v) is 3.38. The number of hydrogen-bond donors (Lipinski definition) is 2. The lowest BCUT2D eigenvalue weighted by Gasteiger charge is -2.16. The zero-order valence-corrected chi connectivity index (χ0v) is 14.4. The van der Waals surface area contributed by atoms with Crippen molar-refractivity contribution in [3.05, 3.63) is 29.8 Å². The van der Waals surface area contributed by atoms with Crippen LogP contribution < -0.4 is 11.1 Å². The summed E-state index contributed by atoms with van der Waals surface area (Å²) in [4.78, 5) is 27.2. The van der Waals surface area contributed by atoms with Crippen LogP contribution >= 0.6 is 11.8 Å². The van der Waals surface area contributed by atoms with E-state index < -0.39 is 0 Å². The van der Waals surface area contributed by atoms with E-state index in [9.17, 15) is 9.59 Å². The van der Waals surface area contributed by atoms with Gasteiger partial charge in [-0.25, -0.2) is 0 Å². The molecule has 1 heterocycles. The maximum atomic E-state index is 12.3. The first-order valence-electron chi connectivity index (χ1n) is 8.09. The lowest BCUT2D eigenvalue weighted by molar-refractivity contribution is -0.127. The first-order valence-corrected chi connectivity index (χ1v) is 9.08. The second-order valence-electron chi connectivity index (χ2n) is 5.92. The topological polar surface area (TPSA) is 75.4 Å². The van der Waals surface area contributed by atoms with Crippen LogP contribution in [-0.2, 0) is 4.79 Å². The summed E-state index contributed by atoms with van der Waals surface area (Å²) in [6, 6.07) is 7.42. The molecule has 1 aliphatic rings. The molecule has 1 saturated heterocycles. The second kappa shape index (κ2) is 8.93. The van der Waals surface area contributed by atoms with Gasteiger partial charge in [-0.3, -0.25) is 9.59 Å². The third-order valence-electron chi connectivity index (χ3n) is 3.96. The number of amides is 2. The Bertz CT molecular complexity index is 544. The molecule has 1 aromatic carbocycles. The summed E-state index contributed by atoms with van der Waals surface area (Å²) < 4.78 is 0. The molecule has 0 bridgehead atoms. The molecular formula is C17H25N3O2S. The van der Waals surface area contributed by atoms with Crippen molar-refractivity contribution in [2.75, 3.05) is 31.9 Å². The van der Waals surface area contributed by atoms with E-state index in [4.69, 9.17) is 5.73 Å². The number of hydrogen-bond acceptors (Lipinski definition) is 4. The molecule has 2 amide bonds. The van der Waals surface area contributed by atoms with Gasteiger partial charge in [-0.1, -0.05) is 19.1 Å². The molecule has 0 saturated carbocycles. The number of carbonyl (C=O) groups is 2. The van der Waals surface area contributed by atoms with Crippen LogP contribution in [0.3, 0.4) is 0 Å². The Balaban J connectivity index is 1.93. The summed E-state index contributed by atoms with van der Waals surface area (Å²) in [6.07, 6.45) is 2.18. The van der Waals surface area contributed by atoms with Gasteiger partial charge in [0.25, 0.3) is 5.91 Å². The minimum Gasteiger partial charge on any atom is -0.352 e. The fourth-order valence-electron chi connectivity index (χ4n) is 2.42. The summed E-state index contributed by atoms with van der Waals surface area (Å²) in [6.45, 7) is 4.81. The van der Waals surface area contributed by atoms with Gasteiger partial charge >= 0.3 is 0 Å². The van der Waals surface area contributed by atoms with E-state index in [2.05, 4.69) is 5.32 Å². The van der Waals surface area contributed by atoms with Gasteiger partial charge in [-0.2, -0.15) is 0 Å². The molecule has 1 fully saturated rings. The number of likely N-dealkylation sites (tertiary alicyclic amines) is 1. The average Bonchev–Trinajstić information content (AvgIpc) is 3.12. The highest BCUT2D eigenvalue weighted by Gasteiger charge is 2.19. The van der Waals surface area contributed by atoms with Gasteiger partial charge in [0.1, 0.15) is 0 Å². The Morgan fingerprint density at radius 1 is 1.30 bits per heavy atom. The minimum atomic E-state index is -0.109. The number of nitrogens with zero attached hydrogens (tertiary/aromatic N) is 1. The zero-order chi connectivity index (χ0) is 16.7. The molecule has 1 aromatic rings. The maximum absolute atomic E-state index is 12.3. The molecule has 126 valence electrons. The van der Waals surface area contributed by atoms with E-state index in [1.54, 1.807) is 6.07 Å². The molecule has 0 aliphatic carbocycles. The molecule has 0 aromatic heterocycles. The van der Waals surface area contributed by atoms with Gasteiger partial charge in [0.2, 0.25) is 5.91 Å². The molecule has 1 aliphatic heterocycles. The number of nitrogens with two attached hydrogens (primary N) is 1. The monoisotopic (exact) mass is 335 g/mol. The number of thioether (sulfide) groups is 1. The highest BCUT2D eigenvalue weighted by Crippen LogP contribution is 2.23. The highest BCUT2D eigenvalue weighted by atomic mass is 32.2. The molecule has 6 heteroatoms. The van der Waals surface area contributed by atoms with Crippen LogP contribution in [0.25, 0.3) is 0 Å². The van der Waals surface area contributed by atoms with Gasteiger partial charge in [0.05, 0.1) is 11.3 Å². The van der Waals surface area contributed by atoms with Crippen LogP contribution in [0, 0.1) is 5.92 Å². The van der Waals surface area contributed by atoms with Crippen molar-refractivity contribution in [1.82, 2.24) is 10.2 Å². The molecule has 23 heavy (non-hydrogen) atoms. The summed E-state index contributed by atoms with van der Waals surface area (Å²) in [5.74, 6) is 0.667. The average molecular weight is 335 g/mol. The Labute approximate surface area is 142 Å². The second-order valence-corrected chi connectivity index (χ2v) is 6.94. The SMILES string of the molecule is CC(CN)CNC(=O)c1ccccc1SCC(=O)N1CCCC1. The van der Waals surface area contributed by atoms with E-state index in [0.717, 1.165) is 30.8 Å². The molecule has 5 nitrogen and oxygen atoms in total. The third kappa shape index (κ3) is 5.25. The summed E-state index contributed by atoms with van der Waals surface area (Å²) in [5, 5.41) is 2.91. The first-order chi connectivity index (χ1) is 11.1. The number of rotatable bonds is 7. The predicted molar refractivity (Wildman–Crippen MR) is 93.5 cm³/mol. The number of nitrogens with one attached hydrogen (secondary N) is 1. The smallest absolute Gasteiger partial charge is 0.252 e. The van der Waals surface area contributed by atoms with Crippen molar-refractivity contribution in [1.29, 1.82) is 0 Å².